The summed E-state index contributed by atoms with van der Waals surface area (Å²) in [6.45, 7) is 3.82. The summed E-state index contributed by atoms with van der Waals surface area (Å²) >= 11 is 0. The van der Waals surface area contributed by atoms with Gasteiger partial charge in [-0.15, -0.1) is 0 Å². The van der Waals surface area contributed by atoms with Crippen molar-refractivity contribution in [1.29, 1.82) is 0 Å². The molecule has 1 nitrogen and oxygen atoms in total. The lowest BCUT2D eigenvalue weighted by Crippen LogP contribution is -2.10. The van der Waals surface area contributed by atoms with E-state index in [1.165, 1.54) is 0 Å². The number of allylic oxidation sites excluding steroid dienone is 4. The van der Waals surface area contributed by atoms with Gasteiger partial charge in [-0.1, -0.05) is 32.1 Å². The van der Waals surface area contributed by atoms with Crippen molar-refractivity contribution >= 4 is 5.78 Å². The highest BCUT2D eigenvalue weighted by Crippen LogP contribution is 2.13. The van der Waals surface area contributed by atoms with E-state index in [9.17, 15) is 4.79 Å². The zero-order valence-corrected chi connectivity index (χ0v) is 5.72. The molecule has 1 rings (SSSR count). The first kappa shape index (κ1) is 6.27. The van der Waals surface area contributed by atoms with Gasteiger partial charge < -0.3 is 0 Å². The van der Waals surface area contributed by atoms with Gasteiger partial charge >= 0.3 is 0 Å². The quantitative estimate of drug-likeness (QED) is 0.545. The molecule has 0 atom stereocenters. The SMILES string of the molecule is CC(C)C(=O)C1=CC=C1. The molecule has 0 bridgehead atoms. The van der Waals surface area contributed by atoms with E-state index in [2.05, 4.69) is 0 Å². The normalized spacial score (nSPS) is 15.2. The monoisotopic (exact) mass is 122 g/mol. The van der Waals surface area contributed by atoms with Crippen LogP contribution in [0.1, 0.15) is 13.8 Å². The zero-order valence-electron chi connectivity index (χ0n) is 5.72. The van der Waals surface area contributed by atoms with Crippen LogP contribution in [0.4, 0.5) is 0 Å². The van der Waals surface area contributed by atoms with Crippen molar-refractivity contribution in [1.82, 2.24) is 0 Å². The molecule has 0 radical (unpaired) electrons. The van der Waals surface area contributed by atoms with Crippen LogP contribution in [0, 0.1) is 5.92 Å². The van der Waals surface area contributed by atoms with Crippen molar-refractivity contribution in [3.63, 3.8) is 0 Å². The molecule has 0 N–H and O–H groups in total. The van der Waals surface area contributed by atoms with Crippen LogP contribution in [0.15, 0.2) is 23.8 Å². The Morgan fingerprint density at radius 1 is 1.56 bits per heavy atom. The molecule has 0 heterocycles. The summed E-state index contributed by atoms with van der Waals surface area (Å²) in [5.41, 5.74) is 0.866. The molecule has 0 aromatic rings. The van der Waals surface area contributed by atoms with Crippen LogP contribution in [0.3, 0.4) is 0 Å². The van der Waals surface area contributed by atoms with Crippen LogP contribution in [0.5, 0.6) is 0 Å². The van der Waals surface area contributed by atoms with Crippen LogP contribution < -0.4 is 0 Å². The van der Waals surface area contributed by atoms with Gasteiger partial charge in [0.15, 0.2) is 5.78 Å². The molecule has 0 saturated carbocycles. The van der Waals surface area contributed by atoms with Gasteiger partial charge in [0.25, 0.3) is 0 Å². The first-order valence-electron chi connectivity index (χ1n) is 3.14. The molecule has 1 aliphatic carbocycles. The highest BCUT2D eigenvalue weighted by Gasteiger charge is 2.12. The summed E-state index contributed by atoms with van der Waals surface area (Å²) in [6, 6.07) is 0. The maximum atomic E-state index is 11.0. The number of hydrogen-bond donors (Lipinski definition) is 0. The Kier molecular flexibility index (Phi) is 1.52. The minimum atomic E-state index is 0.140. The highest BCUT2D eigenvalue weighted by atomic mass is 16.1. The number of carbonyl (C=O) groups is 1. The van der Waals surface area contributed by atoms with Crippen molar-refractivity contribution in [2.24, 2.45) is 5.92 Å². The number of hydrogen-bond acceptors (Lipinski definition) is 1. The summed E-state index contributed by atoms with van der Waals surface area (Å²) in [5, 5.41) is 0. The second kappa shape index (κ2) is 2.18. The summed E-state index contributed by atoms with van der Waals surface area (Å²) in [5.74, 6) is 0.388. The standard InChI is InChI=1S/C8H10O/c1-6(2)8(9)7-4-3-5-7/h3-6H,1-2H3. The van der Waals surface area contributed by atoms with Gasteiger partial charge in [-0.2, -0.15) is 0 Å². The van der Waals surface area contributed by atoms with E-state index in [4.69, 9.17) is 0 Å². The second-order valence-electron chi connectivity index (χ2n) is 2.50. The van der Waals surface area contributed by atoms with Crippen molar-refractivity contribution in [3.05, 3.63) is 23.8 Å². The molecule has 0 aliphatic heterocycles. The fraction of sp³-hybridized carbons (Fsp3) is 0.375. The van der Waals surface area contributed by atoms with Crippen molar-refractivity contribution in [2.75, 3.05) is 0 Å². The van der Waals surface area contributed by atoms with E-state index < -0.39 is 0 Å². The van der Waals surface area contributed by atoms with Gasteiger partial charge in [0.1, 0.15) is 0 Å². The molecule has 0 aromatic heterocycles. The predicted octanol–water partition coefficient (Wildman–Crippen LogP) is 1.71. The summed E-state index contributed by atoms with van der Waals surface area (Å²) in [7, 11) is 0. The Bertz CT molecular complexity index is 185. The van der Waals surface area contributed by atoms with Gasteiger partial charge in [0.05, 0.1) is 0 Å². The minimum Gasteiger partial charge on any atom is -0.294 e. The lowest BCUT2D eigenvalue weighted by atomic mass is 9.96. The van der Waals surface area contributed by atoms with Crippen molar-refractivity contribution in [2.45, 2.75) is 13.8 Å². The predicted molar refractivity (Wildman–Crippen MR) is 37.1 cm³/mol. The summed E-state index contributed by atoms with van der Waals surface area (Å²) in [4.78, 5) is 11.0. The molecule has 0 fully saturated rings. The molecule has 0 aromatic carbocycles. The van der Waals surface area contributed by atoms with Gasteiger partial charge in [-0.25, -0.2) is 0 Å². The average molecular weight is 122 g/mol. The largest absolute Gasteiger partial charge is 0.294 e. The van der Waals surface area contributed by atoms with Crippen LogP contribution in [-0.4, -0.2) is 5.78 Å². The van der Waals surface area contributed by atoms with Crippen LogP contribution in [0.25, 0.3) is 0 Å². The van der Waals surface area contributed by atoms with E-state index in [0.29, 0.717) is 0 Å². The number of Topliss-reactive ketones (excluding diaryl/α,β-unsaturated/α-hetero) is 1. The van der Waals surface area contributed by atoms with Gasteiger partial charge in [0.2, 0.25) is 0 Å². The molecule has 48 valence electrons. The smallest absolute Gasteiger partial charge is 0.165 e. The molecule has 0 saturated heterocycles. The Labute approximate surface area is 55.1 Å². The fourth-order valence-electron chi connectivity index (χ4n) is 0.690. The molecular weight excluding hydrogens is 112 g/mol. The molecule has 0 amide bonds. The first-order valence-corrected chi connectivity index (χ1v) is 3.14. The highest BCUT2D eigenvalue weighted by molar-refractivity contribution is 6.01. The third-order valence-corrected chi connectivity index (χ3v) is 1.36. The van der Waals surface area contributed by atoms with Crippen molar-refractivity contribution in [3.8, 4) is 0 Å². The molecule has 1 aliphatic rings. The molecule has 9 heavy (non-hydrogen) atoms. The van der Waals surface area contributed by atoms with Crippen LogP contribution in [0.2, 0.25) is 0 Å². The van der Waals surface area contributed by atoms with Crippen LogP contribution in [-0.2, 0) is 4.79 Å². The van der Waals surface area contributed by atoms with Gasteiger partial charge in [0, 0.05) is 11.5 Å². The van der Waals surface area contributed by atoms with E-state index in [0.717, 1.165) is 5.57 Å². The third-order valence-electron chi connectivity index (χ3n) is 1.36. The summed E-state index contributed by atoms with van der Waals surface area (Å²) < 4.78 is 0. The number of ketones is 1. The molecular formula is C8H10O. The summed E-state index contributed by atoms with van der Waals surface area (Å²) in [6.07, 6.45) is 5.58. The molecule has 1 heteroatoms. The van der Waals surface area contributed by atoms with E-state index in [1.807, 2.05) is 32.1 Å². The zero-order chi connectivity index (χ0) is 6.85. The topological polar surface area (TPSA) is 17.1 Å². The maximum Gasteiger partial charge on any atom is 0.165 e. The van der Waals surface area contributed by atoms with Gasteiger partial charge in [-0.05, 0) is 0 Å². The number of rotatable bonds is 2. The lowest BCUT2D eigenvalue weighted by molar-refractivity contribution is -0.118. The van der Waals surface area contributed by atoms with Gasteiger partial charge in [-0.3, -0.25) is 4.79 Å². The Hall–Kier alpha value is -0.850. The van der Waals surface area contributed by atoms with E-state index >= 15 is 0 Å². The second-order valence-corrected chi connectivity index (χ2v) is 2.50. The van der Waals surface area contributed by atoms with E-state index in [-0.39, 0.29) is 11.7 Å². The Balaban J connectivity index is 2.53. The minimum absolute atomic E-state index is 0.140. The van der Waals surface area contributed by atoms with E-state index in [1.54, 1.807) is 0 Å². The Morgan fingerprint density at radius 3 is 2.22 bits per heavy atom. The van der Waals surface area contributed by atoms with Crippen LogP contribution >= 0.6 is 0 Å². The third kappa shape index (κ3) is 1.10. The number of carbonyl (C=O) groups excluding carboxylic acids is 1. The lowest BCUT2D eigenvalue weighted by Gasteiger charge is -2.07. The fourth-order valence-corrected chi connectivity index (χ4v) is 0.690. The first-order chi connectivity index (χ1) is 4.22. The Morgan fingerprint density at radius 2 is 2.11 bits per heavy atom. The molecule has 0 spiro atoms. The maximum absolute atomic E-state index is 11.0. The van der Waals surface area contributed by atoms with Crippen molar-refractivity contribution < 1.29 is 4.79 Å². The average Bonchev–Trinajstić information content (AvgIpc) is 1.60. The molecule has 0 unspecified atom stereocenters.